The number of carbonyl (C=O) groups is 2. The number of amides is 2. The normalized spacial score (nSPS) is 17.8. The Balaban J connectivity index is 1.17. The predicted octanol–water partition coefficient (Wildman–Crippen LogP) is 4.91. The highest BCUT2D eigenvalue weighted by molar-refractivity contribution is 5.97. The maximum absolute atomic E-state index is 14.1. The molecule has 45 heavy (non-hydrogen) atoms. The number of nitrogens with two attached hydrogens (primary N) is 1. The summed E-state index contributed by atoms with van der Waals surface area (Å²) in [6, 6.07) is 13.3. The summed E-state index contributed by atoms with van der Waals surface area (Å²) in [6.45, 7) is 6.08. The number of piperazine rings is 1. The summed E-state index contributed by atoms with van der Waals surface area (Å²) >= 11 is 0. The molecule has 2 aromatic heterocycles. The van der Waals surface area contributed by atoms with E-state index in [9.17, 15) is 22.8 Å². The van der Waals surface area contributed by atoms with E-state index >= 15 is 0 Å². The molecule has 0 bridgehead atoms. The van der Waals surface area contributed by atoms with Crippen LogP contribution in [0.1, 0.15) is 51.1 Å². The third-order valence-corrected chi connectivity index (χ3v) is 8.66. The molecule has 2 aliphatic heterocycles. The monoisotopic (exact) mass is 620 g/mol. The number of H-pyrrole nitrogens is 1. The van der Waals surface area contributed by atoms with E-state index in [0.29, 0.717) is 54.3 Å². The molecule has 2 aromatic carbocycles. The predicted molar refractivity (Wildman–Crippen MR) is 163 cm³/mol. The van der Waals surface area contributed by atoms with Gasteiger partial charge in [-0.1, -0.05) is 25.1 Å². The van der Waals surface area contributed by atoms with Crippen molar-refractivity contribution in [2.75, 3.05) is 39.8 Å². The van der Waals surface area contributed by atoms with Gasteiger partial charge in [0.25, 0.3) is 5.91 Å². The zero-order valence-corrected chi connectivity index (χ0v) is 25.2. The van der Waals surface area contributed by atoms with Gasteiger partial charge in [0.1, 0.15) is 22.8 Å². The third kappa shape index (κ3) is 6.66. The zero-order chi connectivity index (χ0) is 31.9. The van der Waals surface area contributed by atoms with Gasteiger partial charge >= 0.3 is 6.18 Å². The second kappa shape index (κ2) is 12.2. The lowest BCUT2D eigenvalue weighted by Crippen LogP contribution is -2.44. The molecule has 0 spiro atoms. The van der Waals surface area contributed by atoms with Crippen LogP contribution in [0.5, 0.6) is 11.5 Å². The van der Waals surface area contributed by atoms with Crippen molar-refractivity contribution in [3.8, 4) is 11.5 Å². The summed E-state index contributed by atoms with van der Waals surface area (Å²) in [5, 5.41) is 0.599. The largest absolute Gasteiger partial charge is 0.457 e. The van der Waals surface area contributed by atoms with Crippen LogP contribution in [-0.2, 0) is 30.5 Å². The van der Waals surface area contributed by atoms with Crippen molar-refractivity contribution in [2.24, 2.45) is 5.73 Å². The number of fused-ring (bicyclic) bond motifs is 2. The first kappa shape index (κ1) is 30.6. The van der Waals surface area contributed by atoms with E-state index in [0.717, 1.165) is 30.3 Å². The van der Waals surface area contributed by atoms with Crippen molar-refractivity contribution >= 4 is 22.8 Å². The molecule has 6 rings (SSSR count). The highest BCUT2D eigenvalue weighted by atomic mass is 19.4. The van der Waals surface area contributed by atoms with Crippen molar-refractivity contribution in [3.05, 3.63) is 88.2 Å². The van der Waals surface area contributed by atoms with Crippen molar-refractivity contribution in [3.63, 3.8) is 0 Å². The Bertz CT molecular complexity index is 1750. The molecule has 0 unspecified atom stereocenters. The van der Waals surface area contributed by atoms with Crippen LogP contribution in [0.25, 0.3) is 11.0 Å². The number of aromatic amines is 1. The Kier molecular flexibility index (Phi) is 8.27. The van der Waals surface area contributed by atoms with Gasteiger partial charge in [0, 0.05) is 52.0 Å². The van der Waals surface area contributed by atoms with Crippen LogP contribution < -0.4 is 10.5 Å². The summed E-state index contributed by atoms with van der Waals surface area (Å²) < 4.78 is 48.5. The lowest BCUT2D eigenvalue weighted by molar-refractivity contribution is -0.138. The zero-order valence-electron chi connectivity index (χ0n) is 25.2. The number of alkyl halides is 3. The second-order valence-corrected chi connectivity index (χ2v) is 12.0. The number of benzene rings is 2. The Morgan fingerprint density at radius 3 is 2.58 bits per heavy atom. The number of halogens is 3. The molecule has 9 nitrogen and oxygen atoms in total. The number of rotatable bonds is 7. The van der Waals surface area contributed by atoms with E-state index in [2.05, 4.69) is 14.9 Å². The number of likely N-dealkylation sites (N-methyl/N-ethyl adjacent to an activating group) is 1. The van der Waals surface area contributed by atoms with E-state index in [1.54, 1.807) is 29.3 Å². The number of pyridine rings is 1. The molecule has 0 aliphatic carbocycles. The molecule has 3 N–H and O–H groups in total. The van der Waals surface area contributed by atoms with Crippen molar-refractivity contribution < 1.29 is 27.5 Å². The molecule has 0 radical (unpaired) electrons. The molecule has 1 atom stereocenters. The van der Waals surface area contributed by atoms with Crippen molar-refractivity contribution in [1.82, 2.24) is 24.7 Å². The fourth-order valence-corrected chi connectivity index (χ4v) is 6.17. The molecule has 2 amide bonds. The van der Waals surface area contributed by atoms with E-state index in [1.165, 1.54) is 6.07 Å². The number of hydrogen-bond donors (Lipinski definition) is 2. The van der Waals surface area contributed by atoms with Gasteiger partial charge in [0.2, 0.25) is 5.91 Å². The first-order valence-electron chi connectivity index (χ1n) is 14.9. The Morgan fingerprint density at radius 1 is 1.07 bits per heavy atom. The molecule has 2 aliphatic rings. The Hall–Kier alpha value is -4.42. The van der Waals surface area contributed by atoms with E-state index in [1.807, 2.05) is 37.1 Å². The number of primary amides is 1. The van der Waals surface area contributed by atoms with Crippen LogP contribution in [0.3, 0.4) is 0 Å². The van der Waals surface area contributed by atoms with Crippen LogP contribution >= 0.6 is 0 Å². The van der Waals surface area contributed by atoms with Gasteiger partial charge in [0.05, 0.1) is 17.4 Å². The maximum atomic E-state index is 14.1. The molecule has 1 fully saturated rings. The smallest absolute Gasteiger partial charge is 0.416 e. The fourth-order valence-electron chi connectivity index (χ4n) is 6.17. The summed E-state index contributed by atoms with van der Waals surface area (Å²) in [5.41, 5.74) is 7.95. The van der Waals surface area contributed by atoms with Gasteiger partial charge in [-0.3, -0.25) is 14.5 Å². The third-order valence-electron chi connectivity index (χ3n) is 8.66. The van der Waals surface area contributed by atoms with Crippen LogP contribution in [0, 0.1) is 0 Å². The van der Waals surface area contributed by atoms with Gasteiger partial charge in [-0.05, 0) is 65.6 Å². The first-order chi connectivity index (χ1) is 21.4. The quantitative estimate of drug-likeness (QED) is 0.304. The van der Waals surface area contributed by atoms with Crippen molar-refractivity contribution in [1.29, 1.82) is 0 Å². The SMILES string of the molecule is C[C@H]1CN(C(=O)Cc2ccc(CN3CCN(C)CC3)c(C(F)(F)F)c2)Cc2cc(Oc3ccnc4[nH]c(C(N)=O)cc34)ccc21. The van der Waals surface area contributed by atoms with Gasteiger partial charge in [-0.15, -0.1) is 0 Å². The second-order valence-electron chi connectivity index (χ2n) is 12.0. The number of aromatic nitrogens is 2. The number of nitrogens with zero attached hydrogens (tertiary/aromatic N) is 4. The minimum absolute atomic E-state index is 0.0267. The minimum atomic E-state index is -4.52. The summed E-state index contributed by atoms with van der Waals surface area (Å²) in [7, 11) is 2.00. The molecule has 236 valence electrons. The summed E-state index contributed by atoms with van der Waals surface area (Å²) in [6.07, 6.45) is -3.08. The number of hydrogen-bond acceptors (Lipinski definition) is 6. The average Bonchev–Trinajstić information content (AvgIpc) is 3.44. The first-order valence-corrected chi connectivity index (χ1v) is 14.9. The minimum Gasteiger partial charge on any atom is -0.457 e. The average molecular weight is 621 g/mol. The van der Waals surface area contributed by atoms with Crippen LogP contribution in [-0.4, -0.2) is 76.3 Å². The molecule has 12 heteroatoms. The van der Waals surface area contributed by atoms with Gasteiger partial charge in [-0.25, -0.2) is 4.98 Å². The van der Waals surface area contributed by atoms with Gasteiger partial charge in [0.15, 0.2) is 0 Å². The number of nitrogens with one attached hydrogen (secondary N) is 1. The molecule has 0 saturated carbocycles. The fraction of sp³-hybridized carbons (Fsp3) is 0.364. The Labute approximate surface area is 258 Å². The van der Waals surface area contributed by atoms with Gasteiger partial charge in [-0.2, -0.15) is 13.2 Å². The number of carbonyl (C=O) groups excluding carboxylic acids is 2. The lowest BCUT2D eigenvalue weighted by atomic mass is 9.90. The highest BCUT2D eigenvalue weighted by Crippen LogP contribution is 2.36. The van der Waals surface area contributed by atoms with Crippen molar-refractivity contribution in [2.45, 2.75) is 38.5 Å². The summed E-state index contributed by atoms with van der Waals surface area (Å²) in [4.78, 5) is 38.1. The van der Waals surface area contributed by atoms with E-state index < -0.39 is 17.6 Å². The lowest BCUT2D eigenvalue weighted by Gasteiger charge is -2.34. The molecular weight excluding hydrogens is 585 g/mol. The van der Waals surface area contributed by atoms with Gasteiger partial charge < -0.3 is 25.3 Å². The van der Waals surface area contributed by atoms with E-state index in [-0.39, 0.29) is 36.0 Å². The Morgan fingerprint density at radius 2 is 1.84 bits per heavy atom. The maximum Gasteiger partial charge on any atom is 0.416 e. The topological polar surface area (TPSA) is 108 Å². The van der Waals surface area contributed by atoms with E-state index in [4.69, 9.17) is 10.5 Å². The molecule has 4 heterocycles. The summed E-state index contributed by atoms with van der Waals surface area (Å²) in [5.74, 6) is 0.204. The molecular formula is C33H35F3N6O3. The molecule has 4 aromatic rings. The standard InChI is InChI=1S/C33H35F3N6O3/c1-20-17-42(30(43)14-21-3-4-22(27(13-21)33(34,35)36)18-41-11-9-40(2)10-12-41)19-23-15-24(5-6-25(20)23)45-29-7-8-38-32-26(29)16-28(39-32)31(37)44/h3-8,13,15-16,20H,9-12,14,17-19H2,1-2H3,(H2,37,44)(H,38,39)/t20-/m0/s1. The van der Waals surface area contributed by atoms with Crippen LogP contribution in [0.2, 0.25) is 0 Å². The van der Waals surface area contributed by atoms with Crippen LogP contribution in [0.4, 0.5) is 13.2 Å². The highest BCUT2D eigenvalue weighted by Gasteiger charge is 2.35. The molecule has 1 saturated heterocycles. The number of ether oxygens (including phenoxy) is 1. The van der Waals surface area contributed by atoms with Crippen LogP contribution in [0.15, 0.2) is 54.7 Å².